The van der Waals surface area contributed by atoms with Crippen molar-refractivity contribution in [3.8, 4) is 11.5 Å². The molecule has 0 bridgehead atoms. The van der Waals surface area contributed by atoms with Crippen LogP contribution in [-0.2, 0) is 16.6 Å². The van der Waals surface area contributed by atoms with Crippen LogP contribution in [0.5, 0.6) is 11.5 Å². The molecule has 0 spiro atoms. The predicted octanol–water partition coefficient (Wildman–Crippen LogP) is 3.75. The molecule has 0 radical (unpaired) electrons. The predicted molar refractivity (Wildman–Crippen MR) is 105 cm³/mol. The molecule has 0 aliphatic carbocycles. The van der Waals surface area contributed by atoms with Crippen LogP contribution in [0.2, 0.25) is 0 Å². The summed E-state index contributed by atoms with van der Waals surface area (Å²) in [6.07, 6.45) is 4.38. The number of rotatable bonds is 7. The lowest BCUT2D eigenvalue weighted by atomic mass is 10.2. The van der Waals surface area contributed by atoms with Gasteiger partial charge in [0.2, 0.25) is 10.0 Å². The number of pyridine rings is 1. The van der Waals surface area contributed by atoms with Gasteiger partial charge in [0, 0.05) is 24.5 Å². The molecule has 3 rings (SSSR count). The van der Waals surface area contributed by atoms with Crippen LogP contribution in [-0.4, -0.2) is 24.6 Å². The fraction of sp³-hybridized carbons (Fsp3) is 0.105. The zero-order valence-corrected chi connectivity index (χ0v) is 15.7. The molecule has 0 saturated carbocycles. The van der Waals surface area contributed by atoms with Gasteiger partial charge in [0.05, 0.1) is 23.4 Å². The van der Waals surface area contributed by atoms with Crippen molar-refractivity contribution < 1.29 is 18.1 Å². The Balaban J connectivity index is 1.78. The Morgan fingerprint density at radius 1 is 1.04 bits per heavy atom. The highest BCUT2D eigenvalue weighted by atomic mass is 32.2. The number of aromatic nitrogens is 1. The van der Waals surface area contributed by atoms with E-state index in [1.165, 1.54) is 28.6 Å². The first-order chi connectivity index (χ1) is 13.3. The Hall–Kier alpha value is -3.46. The second kappa shape index (κ2) is 8.05. The number of sulfonamides is 1. The Kier molecular flexibility index (Phi) is 5.55. The van der Waals surface area contributed by atoms with E-state index in [1.54, 1.807) is 48.8 Å². The van der Waals surface area contributed by atoms with E-state index in [4.69, 9.17) is 4.74 Å². The van der Waals surface area contributed by atoms with Crippen LogP contribution in [0.15, 0.2) is 73.1 Å². The highest BCUT2D eigenvalue weighted by Crippen LogP contribution is 2.27. The van der Waals surface area contributed by atoms with Crippen molar-refractivity contribution in [1.29, 1.82) is 0 Å². The third-order valence-electron chi connectivity index (χ3n) is 3.86. The molecule has 2 aromatic carbocycles. The first-order valence-corrected chi connectivity index (χ1v) is 10.1. The molecule has 0 aliphatic heterocycles. The summed E-state index contributed by atoms with van der Waals surface area (Å²) in [7, 11) is -3.50. The molecule has 0 N–H and O–H groups in total. The first-order valence-electron chi connectivity index (χ1n) is 8.22. The number of benzene rings is 2. The minimum atomic E-state index is -3.50. The van der Waals surface area contributed by atoms with Crippen LogP contribution >= 0.6 is 0 Å². The van der Waals surface area contributed by atoms with Gasteiger partial charge in [-0.15, -0.1) is 0 Å². The highest BCUT2D eigenvalue weighted by Gasteiger charge is 2.18. The van der Waals surface area contributed by atoms with Crippen molar-refractivity contribution >= 4 is 21.4 Å². The number of anilines is 1. The van der Waals surface area contributed by atoms with Gasteiger partial charge in [0.1, 0.15) is 11.5 Å². The van der Waals surface area contributed by atoms with E-state index in [9.17, 15) is 18.5 Å². The van der Waals surface area contributed by atoms with Gasteiger partial charge >= 0.3 is 0 Å². The van der Waals surface area contributed by atoms with E-state index in [0.717, 1.165) is 11.8 Å². The number of nitro benzene ring substituents is 1. The Morgan fingerprint density at radius 3 is 2.14 bits per heavy atom. The van der Waals surface area contributed by atoms with E-state index in [0.29, 0.717) is 17.2 Å². The van der Waals surface area contributed by atoms with Crippen molar-refractivity contribution in [2.75, 3.05) is 10.6 Å². The van der Waals surface area contributed by atoms with Gasteiger partial charge < -0.3 is 4.74 Å². The Labute approximate surface area is 162 Å². The fourth-order valence-corrected chi connectivity index (χ4v) is 3.40. The van der Waals surface area contributed by atoms with Gasteiger partial charge in [-0.25, -0.2) is 8.42 Å². The fourth-order valence-electron chi connectivity index (χ4n) is 2.51. The number of ether oxygens (including phenoxy) is 1. The standard InChI is InChI=1S/C19H17N3O5S/c1-28(25,26)21(14-15-3-2-12-20-13-15)16-4-8-18(9-5-16)27-19-10-6-17(7-11-19)22(23)24/h2-13H,14H2,1H3. The van der Waals surface area contributed by atoms with Crippen molar-refractivity contribution in [2.24, 2.45) is 0 Å². The lowest BCUT2D eigenvalue weighted by molar-refractivity contribution is -0.384. The first kappa shape index (κ1) is 19.3. The van der Waals surface area contributed by atoms with Gasteiger partial charge in [-0.2, -0.15) is 0 Å². The van der Waals surface area contributed by atoms with Gasteiger partial charge in [0.25, 0.3) is 5.69 Å². The summed E-state index contributed by atoms with van der Waals surface area (Å²) in [6.45, 7) is 0.162. The maximum Gasteiger partial charge on any atom is 0.269 e. The second-order valence-electron chi connectivity index (χ2n) is 5.98. The van der Waals surface area contributed by atoms with Crippen molar-refractivity contribution in [2.45, 2.75) is 6.54 Å². The molecule has 0 unspecified atom stereocenters. The average molecular weight is 399 g/mol. The molecule has 9 heteroatoms. The third-order valence-corrected chi connectivity index (χ3v) is 5.00. The molecule has 1 aromatic heterocycles. The summed E-state index contributed by atoms with van der Waals surface area (Å²) in [5.74, 6) is 0.918. The summed E-state index contributed by atoms with van der Waals surface area (Å²) in [6, 6.07) is 15.8. The molecule has 1 heterocycles. The minimum absolute atomic E-state index is 0.0260. The van der Waals surface area contributed by atoms with Crippen LogP contribution in [0.25, 0.3) is 0 Å². The smallest absolute Gasteiger partial charge is 0.269 e. The van der Waals surface area contributed by atoms with Crippen molar-refractivity contribution in [1.82, 2.24) is 4.98 Å². The van der Waals surface area contributed by atoms with Crippen LogP contribution in [0.1, 0.15) is 5.56 Å². The van der Waals surface area contributed by atoms with Gasteiger partial charge in [-0.1, -0.05) is 6.07 Å². The quantitative estimate of drug-likeness (QED) is 0.443. The molecule has 0 amide bonds. The molecule has 0 atom stereocenters. The summed E-state index contributed by atoms with van der Waals surface area (Å²) in [5, 5.41) is 10.7. The van der Waals surface area contributed by atoms with Crippen LogP contribution in [0.4, 0.5) is 11.4 Å². The van der Waals surface area contributed by atoms with E-state index in [1.807, 2.05) is 0 Å². The van der Waals surface area contributed by atoms with E-state index in [-0.39, 0.29) is 12.2 Å². The number of non-ortho nitro benzene ring substituents is 1. The zero-order chi connectivity index (χ0) is 20.1. The van der Waals surface area contributed by atoms with Gasteiger partial charge in [-0.3, -0.25) is 19.4 Å². The highest BCUT2D eigenvalue weighted by molar-refractivity contribution is 7.92. The van der Waals surface area contributed by atoms with Crippen LogP contribution in [0, 0.1) is 10.1 Å². The topological polar surface area (TPSA) is 103 Å². The number of hydrogen-bond donors (Lipinski definition) is 0. The summed E-state index contributed by atoms with van der Waals surface area (Å²) < 4.78 is 31.4. The van der Waals surface area contributed by atoms with E-state index < -0.39 is 14.9 Å². The van der Waals surface area contributed by atoms with Crippen molar-refractivity contribution in [3.63, 3.8) is 0 Å². The SMILES string of the molecule is CS(=O)(=O)N(Cc1cccnc1)c1ccc(Oc2ccc([N+](=O)[O-])cc2)cc1. The van der Waals surface area contributed by atoms with E-state index in [2.05, 4.69) is 4.98 Å². The largest absolute Gasteiger partial charge is 0.457 e. The average Bonchev–Trinajstić information content (AvgIpc) is 2.67. The van der Waals surface area contributed by atoms with Gasteiger partial charge in [0.15, 0.2) is 0 Å². The molecule has 3 aromatic rings. The summed E-state index contributed by atoms with van der Waals surface area (Å²) in [4.78, 5) is 14.2. The molecular formula is C19H17N3O5S. The molecule has 8 nitrogen and oxygen atoms in total. The maximum absolute atomic E-state index is 12.2. The van der Waals surface area contributed by atoms with Gasteiger partial charge in [-0.05, 0) is 48.0 Å². The van der Waals surface area contributed by atoms with Crippen LogP contribution < -0.4 is 9.04 Å². The molecule has 144 valence electrons. The summed E-state index contributed by atoms with van der Waals surface area (Å²) >= 11 is 0. The molecule has 0 aliphatic rings. The van der Waals surface area contributed by atoms with Crippen molar-refractivity contribution in [3.05, 3.63) is 88.7 Å². The lowest BCUT2D eigenvalue weighted by Crippen LogP contribution is -2.29. The normalized spacial score (nSPS) is 11.0. The monoisotopic (exact) mass is 399 g/mol. The number of nitro groups is 1. The Bertz CT molecular complexity index is 1050. The lowest BCUT2D eigenvalue weighted by Gasteiger charge is -2.22. The maximum atomic E-state index is 12.2. The van der Waals surface area contributed by atoms with E-state index >= 15 is 0 Å². The Morgan fingerprint density at radius 2 is 1.64 bits per heavy atom. The molecule has 0 saturated heterocycles. The van der Waals surface area contributed by atoms with Crippen LogP contribution in [0.3, 0.4) is 0 Å². The third kappa shape index (κ3) is 4.83. The molecular weight excluding hydrogens is 382 g/mol. The zero-order valence-electron chi connectivity index (χ0n) is 14.9. The number of nitrogens with zero attached hydrogens (tertiary/aromatic N) is 3. The molecule has 0 fully saturated rings. The summed E-state index contributed by atoms with van der Waals surface area (Å²) in [5.41, 5.74) is 1.23. The molecule has 28 heavy (non-hydrogen) atoms. The number of hydrogen-bond acceptors (Lipinski definition) is 6. The minimum Gasteiger partial charge on any atom is -0.457 e. The second-order valence-corrected chi connectivity index (χ2v) is 7.88.